The van der Waals surface area contributed by atoms with E-state index < -0.39 is 0 Å². The minimum atomic E-state index is 0.376. The Morgan fingerprint density at radius 1 is 1.08 bits per heavy atom. The van der Waals surface area contributed by atoms with Crippen molar-refractivity contribution in [2.75, 3.05) is 38.2 Å². The van der Waals surface area contributed by atoms with E-state index in [-0.39, 0.29) is 0 Å². The van der Waals surface area contributed by atoms with Crippen molar-refractivity contribution >= 4 is 11.5 Å². The van der Waals surface area contributed by atoms with E-state index in [1.165, 1.54) is 5.56 Å². The number of benzene rings is 1. The average Bonchev–Trinajstić information content (AvgIpc) is 3.15. The van der Waals surface area contributed by atoms with Gasteiger partial charge in [-0.15, -0.1) is 5.10 Å². The minimum absolute atomic E-state index is 0.376. The Labute approximate surface area is 147 Å². The third kappa shape index (κ3) is 3.17. The van der Waals surface area contributed by atoms with E-state index in [9.17, 15) is 0 Å². The van der Waals surface area contributed by atoms with Crippen molar-refractivity contribution in [1.82, 2.24) is 19.5 Å². The fourth-order valence-corrected chi connectivity index (χ4v) is 3.42. The molecule has 1 saturated heterocycles. The predicted molar refractivity (Wildman–Crippen MR) is 98.2 cm³/mol. The fraction of sp³-hybridized carbons (Fsp3) is 0.368. The van der Waals surface area contributed by atoms with E-state index in [0.29, 0.717) is 6.04 Å². The number of imidazole rings is 1. The number of ether oxygens (including phenoxy) is 1. The van der Waals surface area contributed by atoms with Crippen LogP contribution in [0, 0.1) is 0 Å². The molecule has 6 heteroatoms. The molecule has 4 rings (SSSR count). The Morgan fingerprint density at radius 2 is 1.92 bits per heavy atom. The van der Waals surface area contributed by atoms with Gasteiger partial charge in [0.15, 0.2) is 5.65 Å². The standard InChI is InChI=1S/C19H23N5O/c1-15(16-4-3-5-17(14-16)25-2)22-10-12-23(13-11-22)19-7-6-18-20-8-9-24(18)21-19/h3-9,14-15H,10-13H2,1-2H3/t15-/m1/s1. The number of anilines is 1. The van der Waals surface area contributed by atoms with Gasteiger partial charge < -0.3 is 9.64 Å². The summed E-state index contributed by atoms with van der Waals surface area (Å²) in [5.74, 6) is 1.93. The lowest BCUT2D eigenvalue weighted by Crippen LogP contribution is -2.47. The van der Waals surface area contributed by atoms with Crippen LogP contribution < -0.4 is 9.64 Å². The quantitative estimate of drug-likeness (QED) is 0.732. The maximum absolute atomic E-state index is 5.35. The molecule has 1 aliphatic rings. The number of fused-ring (bicyclic) bond motifs is 1. The van der Waals surface area contributed by atoms with Crippen LogP contribution in [0.25, 0.3) is 5.65 Å². The van der Waals surface area contributed by atoms with Crippen molar-refractivity contribution in [3.63, 3.8) is 0 Å². The largest absolute Gasteiger partial charge is 0.497 e. The molecular formula is C19H23N5O. The van der Waals surface area contributed by atoms with Crippen LogP contribution in [0.2, 0.25) is 0 Å². The van der Waals surface area contributed by atoms with Gasteiger partial charge in [0.2, 0.25) is 0 Å². The summed E-state index contributed by atoms with van der Waals surface area (Å²) in [6.07, 6.45) is 3.67. The van der Waals surface area contributed by atoms with E-state index >= 15 is 0 Å². The topological polar surface area (TPSA) is 45.9 Å². The Morgan fingerprint density at radius 3 is 2.72 bits per heavy atom. The second-order valence-electron chi connectivity index (χ2n) is 6.40. The first-order chi connectivity index (χ1) is 12.2. The van der Waals surface area contributed by atoms with Crippen molar-refractivity contribution in [1.29, 1.82) is 0 Å². The number of piperazine rings is 1. The molecule has 1 fully saturated rings. The molecule has 1 atom stereocenters. The Bertz CT molecular complexity index is 854. The van der Waals surface area contributed by atoms with E-state index in [0.717, 1.165) is 43.4 Å². The van der Waals surface area contributed by atoms with Gasteiger partial charge in [-0.25, -0.2) is 9.50 Å². The first-order valence-corrected chi connectivity index (χ1v) is 8.68. The molecule has 3 aromatic rings. The first-order valence-electron chi connectivity index (χ1n) is 8.68. The van der Waals surface area contributed by atoms with Crippen molar-refractivity contribution in [3.05, 3.63) is 54.4 Å². The lowest BCUT2D eigenvalue weighted by molar-refractivity contribution is 0.198. The molecule has 0 bridgehead atoms. The fourth-order valence-electron chi connectivity index (χ4n) is 3.42. The van der Waals surface area contributed by atoms with Gasteiger partial charge in [-0.1, -0.05) is 12.1 Å². The zero-order chi connectivity index (χ0) is 17.2. The van der Waals surface area contributed by atoms with E-state index in [4.69, 9.17) is 4.74 Å². The third-order valence-corrected chi connectivity index (χ3v) is 5.00. The molecule has 1 aromatic carbocycles. The first kappa shape index (κ1) is 15.9. The minimum Gasteiger partial charge on any atom is -0.497 e. The molecule has 0 unspecified atom stereocenters. The molecule has 1 aliphatic heterocycles. The van der Waals surface area contributed by atoms with Gasteiger partial charge in [-0.05, 0) is 36.8 Å². The molecule has 25 heavy (non-hydrogen) atoms. The van der Waals surface area contributed by atoms with E-state index in [1.54, 1.807) is 13.3 Å². The van der Waals surface area contributed by atoms with Crippen LogP contribution >= 0.6 is 0 Å². The normalized spacial score (nSPS) is 17.0. The maximum atomic E-state index is 5.35. The highest BCUT2D eigenvalue weighted by molar-refractivity contribution is 5.46. The molecule has 0 saturated carbocycles. The molecule has 0 amide bonds. The third-order valence-electron chi connectivity index (χ3n) is 5.00. The number of aromatic nitrogens is 3. The van der Waals surface area contributed by atoms with Crippen LogP contribution in [0.5, 0.6) is 5.75 Å². The van der Waals surface area contributed by atoms with Gasteiger partial charge in [-0.3, -0.25) is 4.90 Å². The van der Waals surface area contributed by atoms with Crippen LogP contribution in [0.15, 0.2) is 48.8 Å². The molecule has 130 valence electrons. The smallest absolute Gasteiger partial charge is 0.153 e. The predicted octanol–water partition coefficient (Wildman–Crippen LogP) is 2.62. The Balaban J connectivity index is 1.43. The van der Waals surface area contributed by atoms with Gasteiger partial charge in [0.25, 0.3) is 0 Å². The van der Waals surface area contributed by atoms with E-state index in [1.807, 2.05) is 22.8 Å². The molecule has 0 spiro atoms. The van der Waals surface area contributed by atoms with Crippen molar-refractivity contribution in [2.45, 2.75) is 13.0 Å². The summed E-state index contributed by atoms with van der Waals surface area (Å²) in [6.45, 7) is 6.24. The number of hydrogen-bond acceptors (Lipinski definition) is 5. The van der Waals surface area contributed by atoms with Crippen LogP contribution in [0.3, 0.4) is 0 Å². The monoisotopic (exact) mass is 337 g/mol. The van der Waals surface area contributed by atoms with Crippen molar-refractivity contribution in [2.24, 2.45) is 0 Å². The second kappa shape index (κ2) is 6.72. The highest BCUT2D eigenvalue weighted by atomic mass is 16.5. The van der Waals surface area contributed by atoms with Crippen LogP contribution in [0.4, 0.5) is 5.82 Å². The molecule has 0 aliphatic carbocycles. The highest BCUT2D eigenvalue weighted by Gasteiger charge is 2.23. The summed E-state index contributed by atoms with van der Waals surface area (Å²) in [7, 11) is 1.71. The van der Waals surface area contributed by atoms with Crippen molar-refractivity contribution < 1.29 is 4.74 Å². The average molecular weight is 337 g/mol. The number of methoxy groups -OCH3 is 1. The van der Waals surface area contributed by atoms with Crippen LogP contribution in [-0.2, 0) is 0 Å². The molecule has 3 heterocycles. The number of rotatable bonds is 4. The highest BCUT2D eigenvalue weighted by Crippen LogP contribution is 2.25. The SMILES string of the molecule is COc1cccc([C@@H](C)N2CCN(c3ccc4nccn4n3)CC2)c1. The summed E-state index contributed by atoms with van der Waals surface area (Å²) in [5, 5.41) is 4.65. The zero-order valence-electron chi connectivity index (χ0n) is 14.7. The molecule has 2 aromatic heterocycles. The zero-order valence-corrected chi connectivity index (χ0v) is 14.7. The number of hydrogen-bond donors (Lipinski definition) is 0. The lowest BCUT2D eigenvalue weighted by atomic mass is 10.1. The van der Waals surface area contributed by atoms with Gasteiger partial charge in [-0.2, -0.15) is 0 Å². The molecule has 0 N–H and O–H groups in total. The van der Waals surface area contributed by atoms with Crippen molar-refractivity contribution in [3.8, 4) is 5.75 Å². The maximum Gasteiger partial charge on any atom is 0.153 e. The van der Waals surface area contributed by atoms with Gasteiger partial charge in [0, 0.05) is 44.6 Å². The van der Waals surface area contributed by atoms with Gasteiger partial charge in [0.1, 0.15) is 11.6 Å². The second-order valence-corrected chi connectivity index (χ2v) is 6.40. The lowest BCUT2D eigenvalue weighted by Gasteiger charge is -2.38. The summed E-state index contributed by atoms with van der Waals surface area (Å²) in [5.41, 5.74) is 2.18. The van der Waals surface area contributed by atoms with Gasteiger partial charge >= 0.3 is 0 Å². The number of nitrogens with zero attached hydrogens (tertiary/aromatic N) is 5. The summed E-state index contributed by atoms with van der Waals surface area (Å²) in [4.78, 5) is 9.11. The molecule has 6 nitrogen and oxygen atoms in total. The molecule has 0 radical (unpaired) electrons. The summed E-state index contributed by atoms with van der Waals surface area (Å²) < 4.78 is 7.19. The van der Waals surface area contributed by atoms with E-state index in [2.05, 4.69) is 51.1 Å². The Hall–Kier alpha value is -2.60. The Kier molecular flexibility index (Phi) is 4.28. The summed E-state index contributed by atoms with van der Waals surface area (Å²) >= 11 is 0. The van der Waals surface area contributed by atoms with Crippen LogP contribution in [-0.4, -0.2) is 52.8 Å². The van der Waals surface area contributed by atoms with Gasteiger partial charge in [0.05, 0.1) is 7.11 Å². The molecular weight excluding hydrogens is 314 g/mol. The van der Waals surface area contributed by atoms with Crippen LogP contribution in [0.1, 0.15) is 18.5 Å². The summed E-state index contributed by atoms with van der Waals surface area (Å²) in [6, 6.07) is 12.8.